The molecule has 0 aromatic heterocycles. The van der Waals surface area contributed by atoms with Gasteiger partial charge < -0.3 is 15.4 Å². The molecule has 0 radical (unpaired) electrons. The number of carbonyl (C=O) groups excluding carboxylic acids is 2. The van der Waals surface area contributed by atoms with Gasteiger partial charge in [0.1, 0.15) is 6.04 Å². The smallest absolute Gasteiger partial charge is 0.329 e. The molecule has 1 atom stereocenters. The molecule has 0 bridgehead atoms. The van der Waals surface area contributed by atoms with Gasteiger partial charge in [-0.2, -0.15) is 0 Å². The van der Waals surface area contributed by atoms with Gasteiger partial charge in [0.25, 0.3) is 0 Å². The maximum atomic E-state index is 11.2. The van der Waals surface area contributed by atoms with Crippen LogP contribution in [0, 0.1) is 0 Å². The molecule has 2 N–H and O–H groups in total. The normalized spacial score (nSPS) is 11.9. The lowest BCUT2D eigenvalue weighted by Crippen LogP contribution is -2.47. The van der Waals surface area contributed by atoms with E-state index < -0.39 is 12.0 Å². The molecule has 0 aliphatic heterocycles. The number of hydrogen-bond donors (Lipinski definition) is 2. The van der Waals surface area contributed by atoms with Crippen LogP contribution in [0.15, 0.2) is 0 Å². The van der Waals surface area contributed by atoms with Crippen molar-refractivity contribution in [1.29, 1.82) is 0 Å². The summed E-state index contributed by atoms with van der Waals surface area (Å²) in [5.41, 5.74) is 0. The van der Waals surface area contributed by atoms with Crippen molar-refractivity contribution in [3.8, 4) is 0 Å². The SMILES string of the molecule is CCCCNCC(NC(C)=O)C(=O)OC. The standard InChI is InChI=1S/C10H20N2O3/c1-4-5-6-11-7-9(10(14)15-3)12-8(2)13/h9,11H,4-7H2,1-3H3,(H,12,13). The van der Waals surface area contributed by atoms with Gasteiger partial charge in [0, 0.05) is 13.5 Å². The highest BCUT2D eigenvalue weighted by atomic mass is 16.5. The van der Waals surface area contributed by atoms with E-state index in [0.29, 0.717) is 6.54 Å². The van der Waals surface area contributed by atoms with Crippen molar-refractivity contribution in [3.05, 3.63) is 0 Å². The molecule has 0 rings (SSSR count). The van der Waals surface area contributed by atoms with Crippen molar-refractivity contribution in [2.75, 3.05) is 20.2 Å². The van der Waals surface area contributed by atoms with Gasteiger partial charge in [-0.05, 0) is 13.0 Å². The molecule has 0 spiro atoms. The fourth-order valence-corrected chi connectivity index (χ4v) is 1.13. The summed E-state index contributed by atoms with van der Waals surface area (Å²) in [6.07, 6.45) is 2.14. The number of nitrogens with one attached hydrogen (secondary N) is 2. The van der Waals surface area contributed by atoms with Gasteiger partial charge in [-0.3, -0.25) is 4.79 Å². The summed E-state index contributed by atoms with van der Waals surface area (Å²) in [4.78, 5) is 22.1. The Labute approximate surface area is 90.6 Å². The van der Waals surface area contributed by atoms with E-state index in [2.05, 4.69) is 22.3 Å². The lowest BCUT2D eigenvalue weighted by atomic mass is 10.2. The third-order valence-electron chi connectivity index (χ3n) is 1.92. The molecule has 88 valence electrons. The van der Waals surface area contributed by atoms with Crippen LogP contribution in [0.25, 0.3) is 0 Å². The molecule has 0 aromatic carbocycles. The Kier molecular flexibility index (Phi) is 7.62. The van der Waals surface area contributed by atoms with Gasteiger partial charge >= 0.3 is 5.97 Å². The molecule has 1 unspecified atom stereocenters. The molecule has 0 fully saturated rings. The van der Waals surface area contributed by atoms with Crippen LogP contribution in [0.3, 0.4) is 0 Å². The second kappa shape index (κ2) is 8.23. The number of amides is 1. The number of rotatable bonds is 7. The van der Waals surface area contributed by atoms with E-state index in [1.54, 1.807) is 0 Å². The van der Waals surface area contributed by atoms with Crippen LogP contribution in [-0.2, 0) is 14.3 Å². The number of methoxy groups -OCH3 is 1. The van der Waals surface area contributed by atoms with E-state index in [1.807, 2.05) is 0 Å². The first-order valence-electron chi connectivity index (χ1n) is 5.17. The van der Waals surface area contributed by atoms with Crippen LogP contribution in [0.1, 0.15) is 26.7 Å². The summed E-state index contributed by atoms with van der Waals surface area (Å²) in [7, 11) is 1.31. The number of esters is 1. The molecule has 0 aliphatic rings. The molecular formula is C10H20N2O3. The van der Waals surface area contributed by atoms with E-state index in [1.165, 1.54) is 14.0 Å². The highest BCUT2D eigenvalue weighted by Crippen LogP contribution is 1.88. The predicted molar refractivity (Wildman–Crippen MR) is 57.4 cm³/mol. The Morgan fingerprint density at radius 1 is 1.40 bits per heavy atom. The van der Waals surface area contributed by atoms with Gasteiger partial charge in [0.15, 0.2) is 0 Å². The number of hydrogen-bond acceptors (Lipinski definition) is 4. The van der Waals surface area contributed by atoms with Gasteiger partial charge in [0.05, 0.1) is 7.11 Å². The molecule has 0 saturated carbocycles. The Bertz CT molecular complexity index is 207. The third-order valence-corrected chi connectivity index (χ3v) is 1.92. The monoisotopic (exact) mass is 216 g/mol. The molecule has 0 aromatic rings. The molecule has 0 saturated heterocycles. The minimum absolute atomic E-state index is 0.234. The van der Waals surface area contributed by atoms with Crippen molar-refractivity contribution in [3.63, 3.8) is 0 Å². The molecule has 5 nitrogen and oxygen atoms in total. The Balaban J connectivity index is 3.90. The molecule has 5 heteroatoms. The van der Waals surface area contributed by atoms with Crippen molar-refractivity contribution in [2.24, 2.45) is 0 Å². The Hall–Kier alpha value is -1.10. The Morgan fingerprint density at radius 3 is 2.53 bits per heavy atom. The van der Waals surface area contributed by atoms with Crippen LogP contribution in [-0.4, -0.2) is 38.1 Å². The zero-order chi connectivity index (χ0) is 11.7. The first-order valence-corrected chi connectivity index (χ1v) is 5.17. The number of carbonyl (C=O) groups is 2. The largest absolute Gasteiger partial charge is 0.467 e. The van der Waals surface area contributed by atoms with Gasteiger partial charge in [-0.25, -0.2) is 4.79 Å². The summed E-state index contributed by atoms with van der Waals surface area (Å²) in [6, 6.07) is -0.593. The van der Waals surface area contributed by atoms with E-state index in [9.17, 15) is 9.59 Å². The van der Waals surface area contributed by atoms with Crippen LogP contribution in [0.5, 0.6) is 0 Å². The van der Waals surface area contributed by atoms with Crippen LogP contribution in [0.2, 0.25) is 0 Å². The van der Waals surface area contributed by atoms with Gasteiger partial charge in [-0.15, -0.1) is 0 Å². The maximum absolute atomic E-state index is 11.2. The molecule has 0 heterocycles. The van der Waals surface area contributed by atoms with Crippen LogP contribution in [0.4, 0.5) is 0 Å². The predicted octanol–water partition coefficient (Wildman–Crippen LogP) is 0.0538. The summed E-state index contributed by atoms with van der Waals surface area (Å²) in [6.45, 7) is 4.71. The zero-order valence-corrected chi connectivity index (χ0v) is 9.63. The summed E-state index contributed by atoms with van der Waals surface area (Å²) < 4.78 is 4.58. The first-order chi connectivity index (χ1) is 7.11. The number of unbranched alkanes of at least 4 members (excludes halogenated alkanes) is 1. The average Bonchev–Trinajstić information content (AvgIpc) is 2.21. The minimum Gasteiger partial charge on any atom is -0.467 e. The van der Waals surface area contributed by atoms with Crippen molar-refractivity contribution < 1.29 is 14.3 Å². The topological polar surface area (TPSA) is 67.4 Å². The van der Waals surface area contributed by atoms with Crippen molar-refractivity contribution in [2.45, 2.75) is 32.7 Å². The summed E-state index contributed by atoms with van der Waals surface area (Å²) in [5, 5.41) is 5.62. The second-order valence-electron chi connectivity index (χ2n) is 3.33. The fraction of sp³-hybridized carbons (Fsp3) is 0.800. The second-order valence-corrected chi connectivity index (χ2v) is 3.33. The molecular weight excluding hydrogens is 196 g/mol. The summed E-state index contributed by atoms with van der Waals surface area (Å²) >= 11 is 0. The van der Waals surface area contributed by atoms with Crippen molar-refractivity contribution in [1.82, 2.24) is 10.6 Å². The summed E-state index contributed by atoms with van der Waals surface area (Å²) in [5.74, 6) is -0.656. The highest BCUT2D eigenvalue weighted by Gasteiger charge is 2.18. The Morgan fingerprint density at radius 2 is 2.07 bits per heavy atom. The van der Waals surface area contributed by atoms with Crippen LogP contribution >= 0.6 is 0 Å². The van der Waals surface area contributed by atoms with Gasteiger partial charge in [0.2, 0.25) is 5.91 Å². The molecule has 1 amide bonds. The van der Waals surface area contributed by atoms with E-state index in [4.69, 9.17) is 0 Å². The van der Waals surface area contributed by atoms with Crippen LogP contribution < -0.4 is 10.6 Å². The fourth-order valence-electron chi connectivity index (χ4n) is 1.13. The molecule has 0 aliphatic carbocycles. The third kappa shape index (κ3) is 6.90. The number of ether oxygens (including phenoxy) is 1. The quantitative estimate of drug-likeness (QED) is 0.466. The molecule has 15 heavy (non-hydrogen) atoms. The highest BCUT2D eigenvalue weighted by molar-refractivity contribution is 5.83. The minimum atomic E-state index is -0.593. The average molecular weight is 216 g/mol. The lowest BCUT2D eigenvalue weighted by Gasteiger charge is -2.15. The zero-order valence-electron chi connectivity index (χ0n) is 9.63. The van der Waals surface area contributed by atoms with Gasteiger partial charge in [-0.1, -0.05) is 13.3 Å². The van der Waals surface area contributed by atoms with Crippen molar-refractivity contribution >= 4 is 11.9 Å². The lowest BCUT2D eigenvalue weighted by molar-refractivity contribution is -0.144. The van der Waals surface area contributed by atoms with E-state index >= 15 is 0 Å². The first kappa shape index (κ1) is 13.9. The van der Waals surface area contributed by atoms with E-state index in [-0.39, 0.29) is 5.91 Å². The maximum Gasteiger partial charge on any atom is 0.329 e. The van der Waals surface area contributed by atoms with E-state index in [0.717, 1.165) is 19.4 Å².